The summed E-state index contributed by atoms with van der Waals surface area (Å²) in [6.45, 7) is 11.2. The summed E-state index contributed by atoms with van der Waals surface area (Å²) in [5.41, 5.74) is -0.0341. The molecule has 1 fully saturated rings. The van der Waals surface area contributed by atoms with Gasteiger partial charge >= 0.3 is 6.03 Å². The van der Waals surface area contributed by atoms with Gasteiger partial charge in [0.1, 0.15) is 0 Å². The molecule has 20 heavy (non-hydrogen) atoms. The van der Waals surface area contributed by atoms with Crippen molar-refractivity contribution < 1.29 is 9.90 Å². The van der Waals surface area contributed by atoms with Crippen molar-refractivity contribution in [3.05, 3.63) is 0 Å². The minimum Gasteiger partial charge on any atom is -0.394 e. The molecule has 2 amide bonds. The van der Waals surface area contributed by atoms with Crippen LogP contribution in [-0.2, 0) is 0 Å². The van der Waals surface area contributed by atoms with E-state index in [1.165, 1.54) is 19.3 Å². The van der Waals surface area contributed by atoms with Crippen LogP contribution in [0.25, 0.3) is 0 Å². The molecule has 2 atom stereocenters. The van der Waals surface area contributed by atoms with E-state index >= 15 is 0 Å². The van der Waals surface area contributed by atoms with Crippen LogP contribution in [-0.4, -0.2) is 53.9 Å². The van der Waals surface area contributed by atoms with Crippen molar-refractivity contribution in [2.24, 2.45) is 5.92 Å². The number of rotatable bonds is 6. The molecule has 3 N–H and O–H groups in total. The molecule has 0 aromatic rings. The van der Waals surface area contributed by atoms with Gasteiger partial charge in [-0.05, 0) is 46.1 Å². The first kappa shape index (κ1) is 17.2. The number of aliphatic hydroxyl groups excluding tert-OH is 1. The van der Waals surface area contributed by atoms with Crippen molar-refractivity contribution >= 4 is 6.03 Å². The topological polar surface area (TPSA) is 64.6 Å². The Hall–Kier alpha value is -0.810. The number of carbonyl (C=O) groups is 1. The summed E-state index contributed by atoms with van der Waals surface area (Å²) >= 11 is 0. The van der Waals surface area contributed by atoms with Crippen molar-refractivity contribution in [2.45, 2.75) is 58.5 Å². The molecule has 1 heterocycles. The SMILES string of the molecule is CCC1CCCN(C(C)(C)CNC(=O)NC(C)CO)C1. The first-order valence-corrected chi connectivity index (χ1v) is 7.79. The van der Waals surface area contributed by atoms with Crippen LogP contribution >= 0.6 is 0 Å². The highest BCUT2D eigenvalue weighted by Crippen LogP contribution is 2.25. The number of nitrogens with one attached hydrogen (secondary N) is 2. The first-order valence-electron chi connectivity index (χ1n) is 7.79. The Kier molecular flexibility index (Phi) is 6.76. The Labute approximate surface area is 123 Å². The summed E-state index contributed by atoms with van der Waals surface area (Å²) in [4.78, 5) is 14.2. The van der Waals surface area contributed by atoms with E-state index in [4.69, 9.17) is 5.11 Å². The summed E-state index contributed by atoms with van der Waals surface area (Å²) in [5.74, 6) is 0.784. The van der Waals surface area contributed by atoms with E-state index < -0.39 is 0 Å². The van der Waals surface area contributed by atoms with Gasteiger partial charge in [-0.15, -0.1) is 0 Å². The molecule has 0 aromatic heterocycles. The summed E-state index contributed by atoms with van der Waals surface area (Å²) in [5, 5.41) is 14.5. The van der Waals surface area contributed by atoms with Gasteiger partial charge in [-0.2, -0.15) is 0 Å². The lowest BCUT2D eigenvalue weighted by molar-refractivity contribution is 0.0664. The predicted octanol–water partition coefficient (Wildman–Crippen LogP) is 1.57. The lowest BCUT2D eigenvalue weighted by Crippen LogP contribution is -2.56. The van der Waals surface area contributed by atoms with Gasteiger partial charge in [0, 0.05) is 18.6 Å². The molecule has 118 valence electrons. The van der Waals surface area contributed by atoms with Crippen LogP contribution in [0.4, 0.5) is 4.79 Å². The van der Waals surface area contributed by atoms with Crippen molar-refractivity contribution in [3.8, 4) is 0 Å². The maximum Gasteiger partial charge on any atom is 0.315 e. The fourth-order valence-corrected chi connectivity index (χ4v) is 2.68. The number of hydrogen-bond donors (Lipinski definition) is 3. The van der Waals surface area contributed by atoms with Crippen LogP contribution in [0.15, 0.2) is 0 Å². The number of piperidine rings is 1. The van der Waals surface area contributed by atoms with Gasteiger partial charge in [0.25, 0.3) is 0 Å². The number of likely N-dealkylation sites (tertiary alicyclic amines) is 1. The maximum atomic E-state index is 11.7. The number of nitrogens with zero attached hydrogens (tertiary/aromatic N) is 1. The van der Waals surface area contributed by atoms with Gasteiger partial charge in [-0.25, -0.2) is 4.79 Å². The summed E-state index contributed by atoms with van der Waals surface area (Å²) < 4.78 is 0. The molecule has 5 nitrogen and oxygen atoms in total. The molecule has 0 radical (unpaired) electrons. The normalized spacial score (nSPS) is 22.4. The molecule has 0 aromatic carbocycles. The predicted molar refractivity (Wildman–Crippen MR) is 81.7 cm³/mol. The molecule has 5 heteroatoms. The first-order chi connectivity index (χ1) is 9.39. The fraction of sp³-hybridized carbons (Fsp3) is 0.933. The third-order valence-electron chi connectivity index (χ3n) is 4.29. The maximum absolute atomic E-state index is 11.7. The Morgan fingerprint density at radius 3 is 2.80 bits per heavy atom. The third kappa shape index (κ3) is 5.29. The van der Waals surface area contributed by atoms with E-state index in [0.29, 0.717) is 6.54 Å². The smallest absolute Gasteiger partial charge is 0.315 e. The highest BCUT2D eigenvalue weighted by Gasteiger charge is 2.31. The summed E-state index contributed by atoms with van der Waals surface area (Å²) in [6.07, 6.45) is 3.80. The van der Waals surface area contributed by atoms with Crippen molar-refractivity contribution in [2.75, 3.05) is 26.2 Å². The lowest BCUT2D eigenvalue weighted by atomic mass is 9.91. The van der Waals surface area contributed by atoms with Crippen LogP contribution < -0.4 is 10.6 Å². The number of urea groups is 1. The van der Waals surface area contributed by atoms with Crippen molar-refractivity contribution in [1.29, 1.82) is 0 Å². The third-order valence-corrected chi connectivity index (χ3v) is 4.29. The van der Waals surface area contributed by atoms with Gasteiger partial charge in [0.2, 0.25) is 0 Å². The van der Waals surface area contributed by atoms with E-state index in [2.05, 4.69) is 36.3 Å². The van der Waals surface area contributed by atoms with E-state index in [-0.39, 0.29) is 24.2 Å². The Morgan fingerprint density at radius 2 is 2.20 bits per heavy atom. The standard InChI is InChI=1S/C15H31N3O2/c1-5-13-7-6-8-18(9-13)15(3,4)11-16-14(20)17-12(2)10-19/h12-13,19H,5-11H2,1-4H3,(H2,16,17,20). The second-order valence-electron chi connectivity index (χ2n) is 6.59. The van der Waals surface area contributed by atoms with E-state index in [1.54, 1.807) is 6.92 Å². The highest BCUT2D eigenvalue weighted by molar-refractivity contribution is 5.74. The molecule has 1 aliphatic heterocycles. The number of hydrogen-bond acceptors (Lipinski definition) is 3. The van der Waals surface area contributed by atoms with Gasteiger partial charge < -0.3 is 15.7 Å². The Balaban J connectivity index is 2.42. The molecule has 1 rings (SSSR count). The average molecular weight is 285 g/mol. The number of amides is 2. The Bertz CT molecular complexity index is 307. The minimum atomic E-state index is -0.211. The molecule has 1 saturated heterocycles. The van der Waals surface area contributed by atoms with Crippen LogP contribution in [0.5, 0.6) is 0 Å². The van der Waals surface area contributed by atoms with Crippen LogP contribution in [0.2, 0.25) is 0 Å². The van der Waals surface area contributed by atoms with Crippen LogP contribution in [0.3, 0.4) is 0 Å². The zero-order chi connectivity index (χ0) is 15.2. The second kappa shape index (κ2) is 7.84. The zero-order valence-corrected chi connectivity index (χ0v) is 13.4. The molecular weight excluding hydrogens is 254 g/mol. The number of carbonyl (C=O) groups excluding carboxylic acids is 1. The van der Waals surface area contributed by atoms with Gasteiger partial charge in [0.05, 0.1) is 12.6 Å². The molecule has 0 spiro atoms. The number of aliphatic hydroxyl groups is 1. The van der Waals surface area contributed by atoms with Gasteiger partial charge in [-0.3, -0.25) is 4.90 Å². The largest absolute Gasteiger partial charge is 0.394 e. The minimum absolute atomic E-state index is 0.0341. The average Bonchev–Trinajstić information content (AvgIpc) is 2.45. The van der Waals surface area contributed by atoms with Crippen LogP contribution in [0.1, 0.15) is 47.0 Å². The monoisotopic (exact) mass is 285 g/mol. The molecule has 0 bridgehead atoms. The Morgan fingerprint density at radius 1 is 1.50 bits per heavy atom. The molecular formula is C15H31N3O2. The molecule has 1 aliphatic rings. The molecule has 0 aliphatic carbocycles. The van der Waals surface area contributed by atoms with Crippen LogP contribution in [0, 0.1) is 5.92 Å². The van der Waals surface area contributed by atoms with E-state index in [0.717, 1.165) is 19.0 Å². The summed E-state index contributed by atoms with van der Waals surface area (Å²) in [6, 6.07) is -0.416. The van der Waals surface area contributed by atoms with Crippen molar-refractivity contribution in [3.63, 3.8) is 0 Å². The van der Waals surface area contributed by atoms with Crippen molar-refractivity contribution in [1.82, 2.24) is 15.5 Å². The van der Waals surface area contributed by atoms with E-state index in [1.807, 2.05) is 0 Å². The lowest BCUT2D eigenvalue weighted by Gasteiger charge is -2.43. The van der Waals surface area contributed by atoms with E-state index in [9.17, 15) is 4.79 Å². The quantitative estimate of drug-likeness (QED) is 0.694. The summed E-state index contributed by atoms with van der Waals surface area (Å²) in [7, 11) is 0. The van der Waals surface area contributed by atoms with Gasteiger partial charge in [0.15, 0.2) is 0 Å². The second-order valence-corrected chi connectivity index (χ2v) is 6.59. The highest BCUT2D eigenvalue weighted by atomic mass is 16.3. The zero-order valence-electron chi connectivity index (χ0n) is 13.4. The molecule has 2 unspecified atom stereocenters. The van der Waals surface area contributed by atoms with Gasteiger partial charge in [-0.1, -0.05) is 13.3 Å². The fourth-order valence-electron chi connectivity index (χ4n) is 2.68. The molecule has 0 saturated carbocycles.